The van der Waals surface area contributed by atoms with Crippen LogP contribution in [-0.4, -0.2) is 33.0 Å². The second-order valence-electron chi connectivity index (χ2n) is 6.62. The Labute approximate surface area is 168 Å². The van der Waals surface area contributed by atoms with Crippen molar-refractivity contribution in [3.63, 3.8) is 0 Å². The van der Waals surface area contributed by atoms with Crippen molar-refractivity contribution in [3.05, 3.63) is 40.3 Å². The maximum absolute atomic E-state index is 13.3. The lowest BCUT2D eigenvalue weighted by Gasteiger charge is -2.22. The molecule has 1 atom stereocenters. The molecule has 1 unspecified atom stereocenters. The van der Waals surface area contributed by atoms with Gasteiger partial charge in [0.25, 0.3) is 12.0 Å². The molecule has 0 bridgehead atoms. The molecular formula is C18H19F2N5O3S. The van der Waals surface area contributed by atoms with Crippen molar-refractivity contribution >= 4 is 32.7 Å². The summed E-state index contributed by atoms with van der Waals surface area (Å²) in [7, 11) is 0. The molecule has 1 amide bonds. The molecule has 0 aromatic carbocycles. The zero-order valence-corrected chi connectivity index (χ0v) is 16.4. The van der Waals surface area contributed by atoms with Gasteiger partial charge in [-0.1, -0.05) is 11.3 Å². The van der Waals surface area contributed by atoms with Gasteiger partial charge in [0.1, 0.15) is 11.8 Å². The van der Waals surface area contributed by atoms with Crippen molar-refractivity contribution in [1.29, 1.82) is 0 Å². The zero-order chi connectivity index (χ0) is 20.5. The molecule has 3 aromatic heterocycles. The first-order valence-electron chi connectivity index (χ1n) is 9.25. The molecule has 8 nitrogen and oxygen atoms in total. The van der Waals surface area contributed by atoms with Crippen molar-refractivity contribution in [2.45, 2.75) is 45.3 Å². The lowest BCUT2D eigenvalue weighted by Crippen LogP contribution is -2.43. The predicted octanol–water partition coefficient (Wildman–Crippen LogP) is 2.69. The molecule has 3 aromatic rings. The molecule has 29 heavy (non-hydrogen) atoms. The van der Waals surface area contributed by atoms with Gasteiger partial charge >= 0.3 is 0 Å². The van der Waals surface area contributed by atoms with Crippen LogP contribution < -0.4 is 15.8 Å². The fraction of sp³-hybridized carbons (Fsp3) is 0.444. The van der Waals surface area contributed by atoms with Gasteiger partial charge in [-0.15, -0.1) is 0 Å². The van der Waals surface area contributed by atoms with E-state index in [-0.39, 0.29) is 29.3 Å². The van der Waals surface area contributed by atoms with E-state index in [9.17, 15) is 18.4 Å². The number of alkyl halides is 2. The summed E-state index contributed by atoms with van der Waals surface area (Å²) in [5, 5.41) is 3.28. The van der Waals surface area contributed by atoms with E-state index < -0.39 is 23.9 Å². The number of halogens is 2. The number of anilines is 1. The second-order valence-corrected chi connectivity index (χ2v) is 7.57. The maximum atomic E-state index is 13.3. The molecule has 11 heteroatoms. The first-order chi connectivity index (χ1) is 14.0. The number of thiazole rings is 1. The van der Waals surface area contributed by atoms with Crippen LogP contribution in [-0.2, 0) is 17.9 Å². The lowest BCUT2D eigenvalue weighted by atomic mass is 10.2. The number of carbonyl (C=O) groups is 1. The first kappa shape index (κ1) is 19.5. The monoisotopic (exact) mass is 423 g/mol. The number of rotatable bonds is 6. The summed E-state index contributed by atoms with van der Waals surface area (Å²) < 4.78 is 32.7. The van der Waals surface area contributed by atoms with Gasteiger partial charge in [0.05, 0.1) is 12.8 Å². The van der Waals surface area contributed by atoms with E-state index in [2.05, 4.69) is 15.3 Å². The molecule has 0 radical (unpaired) electrons. The Balaban J connectivity index is 1.62. The minimum atomic E-state index is -2.86. The van der Waals surface area contributed by atoms with E-state index >= 15 is 0 Å². The van der Waals surface area contributed by atoms with Gasteiger partial charge in [0, 0.05) is 13.1 Å². The van der Waals surface area contributed by atoms with Crippen LogP contribution in [0.15, 0.2) is 27.6 Å². The summed E-state index contributed by atoms with van der Waals surface area (Å²) in [6.45, 7) is 2.54. The van der Waals surface area contributed by atoms with E-state index in [4.69, 9.17) is 4.42 Å². The summed E-state index contributed by atoms with van der Waals surface area (Å²) >= 11 is 1.05. The molecule has 1 fully saturated rings. The van der Waals surface area contributed by atoms with Crippen molar-refractivity contribution in [3.8, 4) is 0 Å². The van der Waals surface area contributed by atoms with Crippen LogP contribution in [0.4, 0.5) is 13.9 Å². The van der Waals surface area contributed by atoms with E-state index in [0.29, 0.717) is 23.9 Å². The quantitative estimate of drug-likeness (QED) is 0.655. The minimum Gasteiger partial charge on any atom is -0.467 e. The van der Waals surface area contributed by atoms with Crippen molar-refractivity contribution < 1.29 is 18.0 Å². The zero-order valence-electron chi connectivity index (χ0n) is 15.6. The molecule has 4 heterocycles. The lowest BCUT2D eigenvalue weighted by molar-refractivity contribution is -0.122. The third-order valence-electron chi connectivity index (χ3n) is 4.87. The van der Waals surface area contributed by atoms with Gasteiger partial charge < -0.3 is 14.6 Å². The third kappa shape index (κ3) is 3.61. The van der Waals surface area contributed by atoms with Gasteiger partial charge in [0.2, 0.25) is 5.91 Å². The average molecular weight is 423 g/mol. The Morgan fingerprint density at radius 3 is 2.97 bits per heavy atom. The molecule has 1 aliphatic heterocycles. The molecular weight excluding hydrogens is 404 g/mol. The van der Waals surface area contributed by atoms with Crippen LogP contribution in [0.5, 0.6) is 0 Å². The average Bonchev–Trinajstić information content (AvgIpc) is 3.45. The van der Waals surface area contributed by atoms with Crippen LogP contribution in [0, 0.1) is 0 Å². The summed E-state index contributed by atoms with van der Waals surface area (Å²) in [5.41, 5.74) is -0.536. The highest BCUT2D eigenvalue weighted by atomic mass is 32.1. The largest absolute Gasteiger partial charge is 0.467 e. The molecule has 4 rings (SSSR count). The van der Waals surface area contributed by atoms with Gasteiger partial charge in [-0.2, -0.15) is 0 Å². The van der Waals surface area contributed by atoms with Crippen molar-refractivity contribution in [2.75, 3.05) is 11.4 Å². The van der Waals surface area contributed by atoms with E-state index in [1.165, 1.54) is 6.26 Å². The van der Waals surface area contributed by atoms with Crippen LogP contribution in [0.1, 0.15) is 37.8 Å². The number of fused-ring (bicyclic) bond motifs is 1. The standard InChI is InChI=1S/C18H19F2N5O3S/c1-2-24-14(13(19)20)23-16-12(17(24)27)22-18(29-16)25-7-3-6-11(25)15(26)21-9-10-5-4-8-28-10/h4-5,8,11,13H,2-3,6-7,9H2,1H3,(H,21,26). The van der Waals surface area contributed by atoms with Crippen molar-refractivity contribution in [2.24, 2.45) is 0 Å². The number of carbonyl (C=O) groups excluding carboxylic acids is 1. The molecule has 0 saturated carbocycles. The van der Waals surface area contributed by atoms with Crippen LogP contribution in [0.2, 0.25) is 0 Å². The number of nitrogens with zero attached hydrogens (tertiary/aromatic N) is 4. The van der Waals surface area contributed by atoms with E-state index in [1.54, 1.807) is 19.1 Å². The summed E-state index contributed by atoms with van der Waals surface area (Å²) in [5.74, 6) is -0.0913. The molecule has 1 saturated heterocycles. The van der Waals surface area contributed by atoms with E-state index in [0.717, 1.165) is 22.3 Å². The normalized spacial score (nSPS) is 16.8. The number of hydrogen-bond acceptors (Lipinski definition) is 7. The fourth-order valence-electron chi connectivity index (χ4n) is 3.48. The summed E-state index contributed by atoms with van der Waals surface area (Å²) in [6, 6.07) is 3.06. The molecule has 154 valence electrons. The van der Waals surface area contributed by atoms with Gasteiger partial charge in [-0.3, -0.25) is 14.2 Å². The van der Waals surface area contributed by atoms with Crippen LogP contribution in [0.25, 0.3) is 10.3 Å². The highest BCUT2D eigenvalue weighted by Gasteiger charge is 2.33. The predicted molar refractivity (Wildman–Crippen MR) is 103 cm³/mol. The van der Waals surface area contributed by atoms with E-state index in [1.807, 2.05) is 4.90 Å². The Morgan fingerprint density at radius 1 is 1.45 bits per heavy atom. The van der Waals surface area contributed by atoms with Crippen molar-refractivity contribution in [1.82, 2.24) is 19.9 Å². The number of amides is 1. The van der Waals surface area contributed by atoms with Gasteiger partial charge in [-0.25, -0.2) is 18.7 Å². The Kier molecular flexibility index (Phi) is 5.31. The summed E-state index contributed by atoms with van der Waals surface area (Å²) in [4.78, 5) is 35.5. The molecule has 1 aliphatic rings. The first-order valence-corrected chi connectivity index (χ1v) is 10.1. The Morgan fingerprint density at radius 2 is 2.28 bits per heavy atom. The second kappa shape index (κ2) is 7.90. The third-order valence-corrected chi connectivity index (χ3v) is 5.85. The molecule has 1 N–H and O–H groups in total. The number of nitrogens with one attached hydrogen (secondary N) is 1. The molecule has 0 spiro atoms. The smallest absolute Gasteiger partial charge is 0.295 e. The summed E-state index contributed by atoms with van der Waals surface area (Å²) in [6.07, 6.45) is 0.0942. The van der Waals surface area contributed by atoms with Gasteiger partial charge in [0.15, 0.2) is 21.3 Å². The maximum Gasteiger partial charge on any atom is 0.295 e. The fourth-order valence-corrected chi connectivity index (χ4v) is 4.50. The number of furan rings is 1. The van der Waals surface area contributed by atoms with Gasteiger partial charge in [-0.05, 0) is 31.9 Å². The highest BCUT2D eigenvalue weighted by Crippen LogP contribution is 2.32. The Hall–Kier alpha value is -2.82. The molecule has 0 aliphatic carbocycles. The number of aromatic nitrogens is 3. The van der Waals surface area contributed by atoms with Crippen LogP contribution in [0.3, 0.4) is 0 Å². The highest BCUT2D eigenvalue weighted by molar-refractivity contribution is 7.21. The minimum absolute atomic E-state index is 0.0536. The number of hydrogen-bond donors (Lipinski definition) is 1. The topological polar surface area (TPSA) is 93.3 Å². The Bertz CT molecular complexity index is 1080. The van der Waals surface area contributed by atoms with Crippen LogP contribution >= 0.6 is 11.3 Å². The SMILES string of the molecule is CCn1c(C(F)F)nc2sc(N3CCCC3C(=O)NCc3ccco3)nc2c1=O.